The van der Waals surface area contributed by atoms with Crippen molar-refractivity contribution in [3.05, 3.63) is 86.5 Å². The minimum absolute atomic E-state index is 0.131. The summed E-state index contributed by atoms with van der Waals surface area (Å²) in [5, 5.41) is 0.508. The average molecular weight is 535 g/mol. The summed E-state index contributed by atoms with van der Waals surface area (Å²) in [6.45, 7) is 2.85. The summed E-state index contributed by atoms with van der Waals surface area (Å²) in [5.74, 6) is 2.45. The molecule has 4 aromatic rings. The fourth-order valence-corrected chi connectivity index (χ4v) is 4.09. The van der Waals surface area contributed by atoms with Crippen molar-refractivity contribution in [1.29, 1.82) is 0 Å². The normalized spacial score (nSPS) is 11.2. The van der Waals surface area contributed by atoms with E-state index in [4.69, 9.17) is 18.6 Å². The van der Waals surface area contributed by atoms with Crippen LogP contribution < -0.4 is 19.6 Å². The van der Waals surface area contributed by atoms with Crippen molar-refractivity contribution < 1.29 is 18.6 Å². The van der Waals surface area contributed by atoms with Gasteiger partial charge in [0.2, 0.25) is 0 Å². The van der Waals surface area contributed by atoms with Gasteiger partial charge in [0.25, 0.3) is 0 Å². The summed E-state index contributed by atoms with van der Waals surface area (Å²) in [5.41, 5.74) is 2.84. The van der Waals surface area contributed by atoms with Crippen LogP contribution in [0, 0.1) is 0 Å². The van der Waals surface area contributed by atoms with Gasteiger partial charge in [-0.15, -0.1) is 0 Å². The highest BCUT2D eigenvalue weighted by Crippen LogP contribution is 2.38. The van der Waals surface area contributed by atoms with E-state index in [1.807, 2.05) is 48.6 Å². The molecule has 5 nitrogen and oxygen atoms in total. The van der Waals surface area contributed by atoms with Crippen LogP contribution in [0.5, 0.6) is 17.2 Å². The summed E-state index contributed by atoms with van der Waals surface area (Å²) in [7, 11) is 3.19. The molecule has 0 aliphatic carbocycles. The van der Waals surface area contributed by atoms with E-state index in [0.29, 0.717) is 40.4 Å². The summed E-state index contributed by atoms with van der Waals surface area (Å²) < 4.78 is 23.9. The van der Waals surface area contributed by atoms with Gasteiger partial charge >= 0.3 is 0 Å². The van der Waals surface area contributed by atoms with E-state index in [1.165, 1.54) is 6.07 Å². The maximum absolute atomic E-state index is 12.9. The van der Waals surface area contributed by atoms with Crippen molar-refractivity contribution in [1.82, 2.24) is 0 Å². The Morgan fingerprint density at radius 3 is 2.43 bits per heavy atom. The highest BCUT2D eigenvalue weighted by molar-refractivity contribution is 9.10. The zero-order chi connectivity index (χ0) is 24.8. The van der Waals surface area contributed by atoms with E-state index >= 15 is 0 Å². The quantitative estimate of drug-likeness (QED) is 0.163. The SMILES string of the molecule is CCCCOc1ccc(/C=C/c2cc(OC)cc(OC)c2-c2cc(=O)c3cc(Br)ccc3o2)cc1. The first-order chi connectivity index (χ1) is 17.0. The number of unbranched alkanes of at least 4 members (excludes halogenated alkanes) is 1. The summed E-state index contributed by atoms with van der Waals surface area (Å²) >= 11 is 3.41. The molecule has 0 saturated heterocycles. The first kappa shape index (κ1) is 24.6. The van der Waals surface area contributed by atoms with Crippen molar-refractivity contribution in [2.75, 3.05) is 20.8 Å². The Morgan fingerprint density at radius 2 is 1.71 bits per heavy atom. The molecular weight excluding hydrogens is 508 g/mol. The molecule has 0 unspecified atom stereocenters. The molecule has 4 rings (SSSR count). The molecule has 0 fully saturated rings. The lowest BCUT2D eigenvalue weighted by molar-refractivity contribution is 0.309. The maximum Gasteiger partial charge on any atom is 0.193 e. The van der Waals surface area contributed by atoms with Gasteiger partial charge < -0.3 is 18.6 Å². The fourth-order valence-electron chi connectivity index (χ4n) is 3.73. The Morgan fingerprint density at radius 1 is 0.914 bits per heavy atom. The van der Waals surface area contributed by atoms with Crippen LogP contribution in [0.2, 0.25) is 0 Å². The van der Waals surface area contributed by atoms with E-state index < -0.39 is 0 Å². The van der Waals surface area contributed by atoms with Gasteiger partial charge in [0, 0.05) is 16.6 Å². The summed E-state index contributed by atoms with van der Waals surface area (Å²) in [6, 6.07) is 18.5. The predicted octanol–water partition coefficient (Wildman–Crippen LogP) is 7.59. The van der Waals surface area contributed by atoms with Crippen molar-refractivity contribution in [2.24, 2.45) is 0 Å². The van der Waals surface area contributed by atoms with Crippen LogP contribution in [0.4, 0.5) is 0 Å². The largest absolute Gasteiger partial charge is 0.497 e. The minimum atomic E-state index is -0.131. The summed E-state index contributed by atoms with van der Waals surface area (Å²) in [6.07, 6.45) is 6.08. The van der Waals surface area contributed by atoms with Gasteiger partial charge in [-0.25, -0.2) is 0 Å². The van der Waals surface area contributed by atoms with Gasteiger partial charge in [0.05, 0.1) is 31.8 Å². The molecular formula is C29H27BrO5. The molecule has 0 saturated carbocycles. The van der Waals surface area contributed by atoms with E-state index in [1.54, 1.807) is 32.4 Å². The average Bonchev–Trinajstić information content (AvgIpc) is 2.88. The minimum Gasteiger partial charge on any atom is -0.497 e. The molecule has 1 aromatic heterocycles. The number of halogens is 1. The molecule has 0 bridgehead atoms. The molecule has 180 valence electrons. The number of hydrogen-bond acceptors (Lipinski definition) is 5. The second kappa shape index (κ2) is 11.3. The van der Waals surface area contributed by atoms with Crippen molar-refractivity contribution in [3.8, 4) is 28.6 Å². The summed E-state index contributed by atoms with van der Waals surface area (Å²) in [4.78, 5) is 12.9. The fraction of sp³-hybridized carbons (Fsp3) is 0.207. The second-order valence-electron chi connectivity index (χ2n) is 8.01. The molecule has 1 heterocycles. The lowest BCUT2D eigenvalue weighted by Gasteiger charge is -2.14. The van der Waals surface area contributed by atoms with Gasteiger partial charge in [-0.1, -0.05) is 53.6 Å². The molecule has 6 heteroatoms. The third kappa shape index (κ3) is 5.77. The number of methoxy groups -OCH3 is 2. The van der Waals surface area contributed by atoms with Crippen LogP contribution in [-0.4, -0.2) is 20.8 Å². The van der Waals surface area contributed by atoms with Crippen LogP contribution in [0.25, 0.3) is 34.4 Å². The zero-order valence-electron chi connectivity index (χ0n) is 20.0. The molecule has 0 radical (unpaired) electrons. The highest BCUT2D eigenvalue weighted by Gasteiger charge is 2.17. The molecule has 0 spiro atoms. The van der Waals surface area contributed by atoms with E-state index in [-0.39, 0.29) is 5.43 Å². The number of fused-ring (bicyclic) bond motifs is 1. The highest BCUT2D eigenvalue weighted by atomic mass is 79.9. The van der Waals surface area contributed by atoms with Gasteiger partial charge in [0.15, 0.2) is 5.43 Å². The smallest absolute Gasteiger partial charge is 0.193 e. The van der Waals surface area contributed by atoms with Gasteiger partial charge in [0.1, 0.15) is 28.6 Å². The molecule has 0 amide bonds. The van der Waals surface area contributed by atoms with Crippen LogP contribution in [0.3, 0.4) is 0 Å². The van der Waals surface area contributed by atoms with E-state index in [2.05, 4.69) is 22.9 Å². The maximum atomic E-state index is 12.9. The number of benzene rings is 3. The van der Waals surface area contributed by atoms with E-state index in [0.717, 1.165) is 34.2 Å². The van der Waals surface area contributed by atoms with Gasteiger partial charge in [-0.2, -0.15) is 0 Å². The van der Waals surface area contributed by atoms with Crippen LogP contribution >= 0.6 is 15.9 Å². The predicted molar refractivity (Wildman–Crippen MR) is 144 cm³/mol. The third-order valence-electron chi connectivity index (χ3n) is 5.60. The van der Waals surface area contributed by atoms with Crippen molar-refractivity contribution in [3.63, 3.8) is 0 Å². The lowest BCUT2D eigenvalue weighted by Crippen LogP contribution is -2.02. The Hall–Kier alpha value is -3.51. The van der Waals surface area contributed by atoms with Gasteiger partial charge in [-0.05, 0) is 53.9 Å². The zero-order valence-corrected chi connectivity index (χ0v) is 21.6. The van der Waals surface area contributed by atoms with Crippen LogP contribution in [0.1, 0.15) is 30.9 Å². The molecule has 0 atom stereocenters. The van der Waals surface area contributed by atoms with Gasteiger partial charge in [-0.3, -0.25) is 4.79 Å². The van der Waals surface area contributed by atoms with Crippen molar-refractivity contribution in [2.45, 2.75) is 19.8 Å². The first-order valence-electron chi connectivity index (χ1n) is 11.4. The number of ether oxygens (including phenoxy) is 3. The molecule has 35 heavy (non-hydrogen) atoms. The van der Waals surface area contributed by atoms with E-state index in [9.17, 15) is 4.79 Å². The van der Waals surface area contributed by atoms with Crippen molar-refractivity contribution >= 4 is 39.1 Å². The van der Waals surface area contributed by atoms with Crippen LogP contribution in [-0.2, 0) is 0 Å². The number of rotatable bonds is 9. The molecule has 0 N–H and O–H groups in total. The second-order valence-corrected chi connectivity index (χ2v) is 8.93. The molecule has 0 aliphatic heterocycles. The standard InChI is InChI=1S/C29H27BrO5/c1-4-5-14-34-22-11-7-19(8-12-22)6-9-20-15-23(32-2)17-27(33-3)29(20)28-18-25(31)24-16-21(30)10-13-26(24)35-28/h6-13,15-18H,4-5,14H2,1-3H3/b9-6+. The topological polar surface area (TPSA) is 57.9 Å². The van der Waals surface area contributed by atoms with Crippen LogP contribution in [0.15, 0.2) is 74.3 Å². The molecule has 3 aromatic carbocycles. The lowest BCUT2D eigenvalue weighted by atomic mass is 10.0. The monoisotopic (exact) mass is 534 g/mol. The molecule has 0 aliphatic rings. The Balaban J connectivity index is 1.76. The Kier molecular flexibility index (Phi) is 7.93. The Bertz CT molecular complexity index is 1400. The first-order valence-corrected chi connectivity index (χ1v) is 12.2. The number of hydrogen-bond donors (Lipinski definition) is 0. The Labute approximate surface area is 213 Å². The third-order valence-corrected chi connectivity index (χ3v) is 6.09.